The van der Waals surface area contributed by atoms with Crippen LogP contribution in [0.3, 0.4) is 0 Å². The van der Waals surface area contributed by atoms with Crippen LogP contribution in [0, 0.1) is 11.3 Å². The highest BCUT2D eigenvalue weighted by Gasteiger charge is 2.44. The van der Waals surface area contributed by atoms with E-state index in [0.717, 1.165) is 17.0 Å². The number of hydrogen-bond donors (Lipinski definition) is 1. The second-order valence-corrected chi connectivity index (χ2v) is 7.18. The van der Waals surface area contributed by atoms with Crippen molar-refractivity contribution in [2.24, 2.45) is 0 Å². The van der Waals surface area contributed by atoms with E-state index in [-0.39, 0.29) is 18.1 Å². The lowest BCUT2D eigenvalue weighted by Gasteiger charge is -2.33. The van der Waals surface area contributed by atoms with Gasteiger partial charge in [-0.2, -0.15) is 18.4 Å². The zero-order valence-corrected chi connectivity index (χ0v) is 16.4. The van der Waals surface area contributed by atoms with E-state index in [9.17, 15) is 22.8 Å². The van der Waals surface area contributed by atoms with Crippen LogP contribution in [0.5, 0.6) is 0 Å². The summed E-state index contributed by atoms with van der Waals surface area (Å²) in [7, 11) is 0. The van der Waals surface area contributed by atoms with Gasteiger partial charge in [0.25, 0.3) is 5.91 Å². The summed E-state index contributed by atoms with van der Waals surface area (Å²) in [6.45, 7) is 2.29. The Kier molecular flexibility index (Phi) is 4.93. The summed E-state index contributed by atoms with van der Waals surface area (Å²) in [6.07, 6.45) is -4.56. The Morgan fingerprint density at radius 2 is 1.87 bits per heavy atom. The average Bonchev–Trinajstić information content (AvgIpc) is 3.09. The van der Waals surface area contributed by atoms with Gasteiger partial charge in [-0.3, -0.25) is 9.69 Å². The van der Waals surface area contributed by atoms with E-state index in [1.807, 2.05) is 6.07 Å². The smallest absolute Gasteiger partial charge is 0.333 e. The monoisotopic (exact) mass is 426 g/mol. The van der Waals surface area contributed by atoms with Crippen LogP contribution in [0.4, 0.5) is 23.7 Å². The van der Waals surface area contributed by atoms with Gasteiger partial charge < -0.3 is 10.2 Å². The zero-order chi connectivity index (χ0) is 22.3. The first-order chi connectivity index (χ1) is 14.7. The number of carbonyl (C=O) groups is 2. The Balaban J connectivity index is 1.83. The Hall–Kier alpha value is -3.80. The number of alkyl halides is 3. The normalized spacial score (nSPS) is 18.7. The van der Waals surface area contributed by atoms with Crippen molar-refractivity contribution >= 4 is 17.6 Å². The molecule has 2 aromatic rings. The molecule has 0 aliphatic carbocycles. The summed E-state index contributed by atoms with van der Waals surface area (Å²) in [5, 5.41) is 11.7. The summed E-state index contributed by atoms with van der Waals surface area (Å²) in [4.78, 5) is 28.7. The van der Waals surface area contributed by atoms with Crippen LogP contribution < -0.4 is 10.2 Å². The van der Waals surface area contributed by atoms with Gasteiger partial charge in [0.05, 0.1) is 46.7 Å². The lowest BCUT2D eigenvalue weighted by Crippen LogP contribution is -2.47. The fourth-order valence-corrected chi connectivity index (χ4v) is 3.85. The van der Waals surface area contributed by atoms with Crippen molar-refractivity contribution in [3.63, 3.8) is 0 Å². The molecule has 0 bridgehead atoms. The molecular weight excluding hydrogens is 409 g/mol. The molecule has 2 aromatic carbocycles. The average molecular weight is 426 g/mol. The van der Waals surface area contributed by atoms with Gasteiger partial charge >= 0.3 is 12.2 Å². The van der Waals surface area contributed by atoms with Gasteiger partial charge in [-0.05, 0) is 42.8 Å². The molecule has 0 fully saturated rings. The fourth-order valence-electron chi connectivity index (χ4n) is 3.85. The highest BCUT2D eigenvalue weighted by molar-refractivity contribution is 6.07. The van der Waals surface area contributed by atoms with Crippen molar-refractivity contribution in [3.8, 4) is 6.07 Å². The molecule has 0 radical (unpaired) electrons. The maximum atomic E-state index is 13.2. The third kappa shape index (κ3) is 3.50. The third-order valence-electron chi connectivity index (χ3n) is 5.39. The predicted molar refractivity (Wildman–Crippen MR) is 106 cm³/mol. The molecule has 2 aliphatic heterocycles. The van der Waals surface area contributed by atoms with Crippen molar-refractivity contribution in [2.45, 2.75) is 19.1 Å². The number of amides is 3. The molecular formula is C22H17F3N4O2. The highest BCUT2D eigenvalue weighted by atomic mass is 19.4. The number of nitrogens with zero attached hydrogens (tertiary/aromatic N) is 3. The SMILES string of the molecule is CCN1CC2=C(C1=O)[C@@H](c1ccc(C#N)cc1)NC(=O)N2c1cccc(C(F)(F)F)c1. The number of nitriles is 1. The molecule has 2 heterocycles. The van der Waals surface area contributed by atoms with E-state index >= 15 is 0 Å². The number of nitrogens with one attached hydrogen (secondary N) is 1. The van der Waals surface area contributed by atoms with Crippen molar-refractivity contribution < 1.29 is 22.8 Å². The second kappa shape index (κ2) is 7.47. The number of benzene rings is 2. The molecule has 0 saturated carbocycles. The van der Waals surface area contributed by atoms with E-state index in [0.29, 0.717) is 28.9 Å². The molecule has 0 saturated heterocycles. The first-order valence-corrected chi connectivity index (χ1v) is 9.55. The van der Waals surface area contributed by atoms with Crippen LogP contribution >= 0.6 is 0 Å². The van der Waals surface area contributed by atoms with Gasteiger partial charge in [-0.25, -0.2) is 4.79 Å². The van der Waals surface area contributed by atoms with Gasteiger partial charge in [0.15, 0.2) is 0 Å². The molecule has 0 aromatic heterocycles. The predicted octanol–water partition coefficient (Wildman–Crippen LogP) is 3.96. The van der Waals surface area contributed by atoms with E-state index in [4.69, 9.17) is 5.26 Å². The summed E-state index contributed by atoms with van der Waals surface area (Å²) in [6, 6.07) is 11.5. The van der Waals surface area contributed by atoms with Crippen molar-refractivity contribution in [1.82, 2.24) is 10.2 Å². The van der Waals surface area contributed by atoms with Crippen LogP contribution in [0.15, 0.2) is 59.8 Å². The summed E-state index contributed by atoms with van der Waals surface area (Å²) in [5.41, 5.74) is 0.844. The van der Waals surface area contributed by atoms with E-state index in [1.54, 1.807) is 31.2 Å². The van der Waals surface area contributed by atoms with Gasteiger partial charge in [-0.1, -0.05) is 18.2 Å². The van der Waals surface area contributed by atoms with Crippen molar-refractivity contribution in [3.05, 3.63) is 76.5 Å². The molecule has 0 unspecified atom stereocenters. The van der Waals surface area contributed by atoms with E-state index < -0.39 is 23.8 Å². The Morgan fingerprint density at radius 3 is 2.48 bits per heavy atom. The largest absolute Gasteiger partial charge is 0.416 e. The molecule has 158 valence electrons. The highest BCUT2D eigenvalue weighted by Crippen LogP contribution is 2.40. The van der Waals surface area contributed by atoms with Gasteiger partial charge in [0.1, 0.15) is 0 Å². The molecule has 31 heavy (non-hydrogen) atoms. The van der Waals surface area contributed by atoms with Gasteiger partial charge in [0.2, 0.25) is 0 Å². The summed E-state index contributed by atoms with van der Waals surface area (Å²) < 4.78 is 39.6. The van der Waals surface area contributed by atoms with E-state index in [1.165, 1.54) is 17.0 Å². The van der Waals surface area contributed by atoms with Crippen LogP contribution in [0.25, 0.3) is 0 Å². The molecule has 0 spiro atoms. The van der Waals surface area contributed by atoms with Crippen LogP contribution in [0.2, 0.25) is 0 Å². The molecule has 6 nitrogen and oxygen atoms in total. The summed E-state index contributed by atoms with van der Waals surface area (Å²) in [5.74, 6) is -0.288. The molecule has 9 heteroatoms. The molecule has 2 aliphatic rings. The van der Waals surface area contributed by atoms with Crippen molar-refractivity contribution in [2.75, 3.05) is 18.0 Å². The Bertz CT molecular complexity index is 1130. The first kappa shape index (κ1) is 20.5. The quantitative estimate of drug-likeness (QED) is 0.807. The number of halogens is 3. The Labute approximate surface area is 176 Å². The third-order valence-corrected chi connectivity index (χ3v) is 5.39. The standard InChI is InChI=1S/C22H17F3N4O2/c1-2-28-12-17-18(20(28)30)19(14-8-6-13(11-26)7-9-14)27-21(31)29(17)16-5-3-4-15(10-16)22(23,24)25/h3-10,19H,2,12H2,1H3,(H,27,31)/t19-/m1/s1. The zero-order valence-electron chi connectivity index (χ0n) is 16.4. The molecule has 4 rings (SSSR count). The van der Waals surface area contributed by atoms with Crippen LogP contribution in [-0.4, -0.2) is 29.9 Å². The number of hydrogen-bond acceptors (Lipinski definition) is 3. The maximum absolute atomic E-state index is 13.2. The minimum Gasteiger partial charge on any atom is -0.333 e. The number of carbonyl (C=O) groups excluding carboxylic acids is 2. The number of urea groups is 1. The molecule has 1 N–H and O–H groups in total. The topological polar surface area (TPSA) is 76.4 Å². The molecule has 1 atom stereocenters. The lowest BCUT2D eigenvalue weighted by molar-refractivity contribution is -0.137. The number of anilines is 1. The second-order valence-electron chi connectivity index (χ2n) is 7.18. The first-order valence-electron chi connectivity index (χ1n) is 9.55. The number of likely N-dealkylation sites (N-methyl/N-ethyl adjacent to an activating group) is 1. The van der Waals surface area contributed by atoms with Crippen LogP contribution in [-0.2, 0) is 11.0 Å². The molecule has 3 amide bonds. The van der Waals surface area contributed by atoms with E-state index in [2.05, 4.69) is 5.32 Å². The Morgan fingerprint density at radius 1 is 1.16 bits per heavy atom. The number of rotatable bonds is 3. The van der Waals surface area contributed by atoms with Gasteiger partial charge in [-0.15, -0.1) is 0 Å². The fraction of sp³-hybridized carbons (Fsp3) is 0.227. The van der Waals surface area contributed by atoms with Crippen LogP contribution in [0.1, 0.15) is 29.7 Å². The lowest BCUT2D eigenvalue weighted by atomic mass is 9.94. The summed E-state index contributed by atoms with van der Waals surface area (Å²) >= 11 is 0. The minimum atomic E-state index is -4.56. The minimum absolute atomic E-state index is 0.0313. The van der Waals surface area contributed by atoms with Gasteiger partial charge in [0, 0.05) is 6.54 Å². The van der Waals surface area contributed by atoms with Crippen molar-refractivity contribution in [1.29, 1.82) is 5.26 Å². The maximum Gasteiger partial charge on any atom is 0.416 e.